The van der Waals surface area contributed by atoms with Crippen LogP contribution in [0, 0.1) is 0 Å². The second-order valence-electron chi connectivity index (χ2n) is 4.30. The number of carbonyl (C=O) groups excluding carboxylic acids is 1. The maximum absolute atomic E-state index is 11.9. The fraction of sp³-hybridized carbons (Fsp3) is 0.429. The van der Waals surface area contributed by atoms with Crippen LogP contribution in [0.5, 0.6) is 0 Å². The van der Waals surface area contributed by atoms with Crippen molar-refractivity contribution in [3.05, 3.63) is 35.9 Å². The molecule has 0 unspecified atom stereocenters. The second-order valence-corrected chi connectivity index (χ2v) is 4.30. The Labute approximate surface area is 102 Å². The van der Waals surface area contributed by atoms with E-state index in [1.54, 1.807) is 5.01 Å². The number of benzene rings is 1. The minimum Gasteiger partial charge on any atom is -0.273 e. The van der Waals surface area contributed by atoms with Crippen LogP contribution in [0.1, 0.15) is 38.7 Å². The summed E-state index contributed by atoms with van der Waals surface area (Å²) in [7, 11) is 0. The molecule has 1 aromatic rings. The van der Waals surface area contributed by atoms with Crippen molar-refractivity contribution in [2.45, 2.75) is 39.2 Å². The van der Waals surface area contributed by atoms with E-state index in [0.717, 1.165) is 24.1 Å². The van der Waals surface area contributed by atoms with Crippen LogP contribution in [-0.4, -0.2) is 22.7 Å². The molecule has 3 nitrogen and oxygen atoms in total. The Kier molecular flexibility index (Phi) is 3.57. The summed E-state index contributed by atoms with van der Waals surface area (Å²) >= 11 is 0. The summed E-state index contributed by atoms with van der Waals surface area (Å²) in [6.07, 6.45) is 2.34. The Morgan fingerprint density at radius 1 is 1.24 bits per heavy atom. The van der Waals surface area contributed by atoms with Gasteiger partial charge in [0.2, 0.25) is 5.91 Å². The van der Waals surface area contributed by atoms with Crippen LogP contribution >= 0.6 is 0 Å². The summed E-state index contributed by atoms with van der Waals surface area (Å²) in [4.78, 5) is 11.9. The van der Waals surface area contributed by atoms with E-state index in [9.17, 15) is 4.79 Å². The number of hydrogen-bond donors (Lipinski definition) is 0. The summed E-state index contributed by atoms with van der Waals surface area (Å²) in [5.74, 6) is 0.123. The number of hydrogen-bond acceptors (Lipinski definition) is 2. The van der Waals surface area contributed by atoms with Crippen LogP contribution in [0.4, 0.5) is 0 Å². The summed E-state index contributed by atoms with van der Waals surface area (Å²) in [5.41, 5.74) is 1.94. The normalized spacial score (nSPS) is 15.6. The number of nitrogens with zero attached hydrogens (tertiary/aromatic N) is 2. The van der Waals surface area contributed by atoms with Gasteiger partial charge in [-0.05, 0) is 18.4 Å². The van der Waals surface area contributed by atoms with Crippen molar-refractivity contribution in [1.82, 2.24) is 5.01 Å². The molecular weight excluding hydrogens is 212 g/mol. The number of rotatable bonds is 4. The Morgan fingerprint density at radius 2 is 1.88 bits per heavy atom. The molecule has 1 aliphatic rings. The minimum absolute atomic E-state index is 0.123. The Balaban J connectivity index is 2.22. The van der Waals surface area contributed by atoms with Gasteiger partial charge in [-0.25, -0.2) is 5.01 Å². The zero-order valence-electron chi connectivity index (χ0n) is 10.4. The molecule has 0 saturated carbocycles. The molecule has 1 amide bonds. The first kappa shape index (κ1) is 11.8. The molecule has 0 spiro atoms. The Bertz CT molecular complexity index is 421. The molecule has 90 valence electrons. The van der Waals surface area contributed by atoms with Gasteiger partial charge in [0.05, 0.1) is 18.2 Å². The van der Waals surface area contributed by atoms with Gasteiger partial charge in [-0.3, -0.25) is 4.79 Å². The molecule has 0 fully saturated rings. The van der Waals surface area contributed by atoms with E-state index in [2.05, 4.69) is 18.9 Å². The number of amides is 1. The van der Waals surface area contributed by atoms with Gasteiger partial charge in [0.1, 0.15) is 0 Å². The van der Waals surface area contributed by atoms with E-state index in [0.29, 0.717) is 6.42 Å². The molecule has 0 radical (unpaired) electrons. The molecule has 0 bridgehead atoms. The fourth-order valence-electron chi connectivity index (χ4n) is 2.16. The predicted molar refractivity (Wildman–Crippen MR) is 68.8 cm³/mol. The SMILES string of the molecule is CCC(CC)N1N=C(c2ccccc2)CC1=O. The van der Waals surface area contributed by atoms with Gasteiger partial charge in [0, 0.05) is 0 Å². The maximum atomic E-state index is 11.9. The summed E-state index contributed by atoms with van der Waals surface area (Å²) in [5, 5.41) is 6.15. The van der Waals surface area contributed by atoms with Gasteiger partial charge in [0.25, 0.3) is 0 Å². The van der Waals surface area contributed by atoms with Crippen LogP contribution in [0.25, 0.3) is 0 Å². The molecule has 2 rings (SSSR count). The van der Waals surface area contributed by atoms with Gasteiger partial charge >= 0.3 is 0 Å². The van der Waals surface area contributed by atoms with Gasteiger partial charge in [-0.2, -0.15) is 5.10 Å². The highest BCUT2D eigenvalue weighted by atomic mass is 16.2. The highest BCUT2D eigenvalue weighted by molar-refractivity contribution is 6.13. The first-order valence-corrected chi connectivity index (χ1v) is 6.21. The van der Waals surface area contributed by atoms with Crippen molar-refractivity contribution in [3.8, 4) is 0 Å². The average Bonchev–Trinajstić information content (AvgIpc) is 2.75. The van der Waals surface area contributed by atoms with E-state index in [-0.39, 0.29) is 11.9 Å². The van der Waals surface area contributed by atoms with E-state index in [1.165, 1.54) is 0 Å². The van der Waals surface area contributed by atoms with Crippen molar-refractivity contribution in [3.63, 3.8) is 0 Å². The standard InChI is InChI=1S/C14H18N2O/c1-3-12(4-2)16-14(17)10-13(15-16)11-8-6-5-7-9-11/h5-9,12H,3-4,10H2,1-2H3. The number of hydrazone groups is 1. The molecule has 1 heterocycles. The minimum atomic E-state index is 0.123. The van der Waals surface area contributed by atoms with Gasteiger partial charge < -0.3 is 0 Å². The first-order chi connectivity index (χ1) is 8.26. The third-order valence-corrected chi connectivity index (χ3v) is 3.20. The quantitative estimate of drug-likeness (QED) is 0.782. The van der Waals surface area contributed by atoms with E-state index >= 15 is 0 Å². The largest absolute Gasteiger partial charge is 0.273 e. The zero-order valence-corrected chi connectivity index (χ0v) is 10.4. The molecular formula is C14H18N2O. The lowest BCUT2D eigenvalue weighted by Crippen LogP contribution is -2.31. The highest BCUT2D eigenvalue weighted by Gasteiger charge is 2.28. The van der Waals surface area contributed by atoms with Crippen molar-refractivity contribution < 1.29 is 4.79 Å². The Hall–Kier alpha value is -1.64. The van der Waals surface area contributed by atoms with Crippen LogP contribution in [0.15, 0.2) is 35.4 Å². The molecule has 0 saturated heterocycles. The first-order valence-electron chi connectivity index (χ1n) is 6.21. The van der Waals surface area contributed by atoms with Crippen molar-refractivity contribution in [2.24, 2.45) is 5.10 Å². The monoisotopic (exact) mass is 230 g/mol. The van der Waals surface area contributed by atoms with Gasteiger partial charge in [0.15, 0.2) is 0 Å². The molecule has 1 aliphatic heterocycles. The molecule has 1 aromatic carbocycles. The number of carbonyl (C=O) groups is 1. The average molecular weight is 230 g/mol. The smallest absolute Gasteiger partial charge is 0.249 e. The fourth-order valence-corrected chi connectivity index (χ4v) is 2.16. The van der Waals surface area contributed by atoms with Gasteiger partial charge in [-0.1, -0.05) is 44.2 Å². The van der Waals surface area contributed by atoms with Crippen LogP contribution in [0.2, 0.25) is 0 Å². The third kappa shape index (κ3) is 2.38. The zero-order chi connectivity index (χ0) is 12.3. The van der Waals surface area contributed by atoms with E-state index < -0.39 is 0 Å². The lowest BCUT2D eigenvalue weighted by atomic mass is 10.1. The summed E-state index contributed by atoms with van der Waals surface area (Å²) < 4.78 is 0. The third-order valence-electron chi connectivity index (χ3n) is 3.20. The molecule has 3 heteroatoms. The van der Waals surface area contributed by atoms with Crippen molar-refractivity contribution in [1.29, 1.82) is 0 Å². The Morgan fingerprint density at radius 3 is 2.47 bits per heavy atom. The highest BCUT2D eigenvalue weighted by Crippen LogP contribution is 2.20. The summed E-state index contributed by atoms with van der Waals surface area (Å²) in [6, 6.07) is 10.2. The molecule has 0 aromatic heterocycles. The van der Waals surface area contributed by atoms with Gasteiger partial charge in [-0.15, -0.1) is 0 Å². The van der Waals surface area contributed by atoms with Crippen LogP contribution in [0.3, 0.4) is 0 Å². The second kappa shape index (κ2) is 5.13. The molecule has 17 heavy (non-hydrogen) atoms. The van der Waals surface area contributed by atoms with E-state index in [4.69, 9.17) is 0 Å². The predicted octanol–water partition coefficient (Wildman–Crippen LogP) is 2.81. The molecule has 0 aliphatic carbocycles. The maximum Gasteiger partial charge on any atom is 0.249 e. The lowest BCUT2D eigenvalue weighted by molar-refractivity contribution is -0.130. The lowest BCUT2D eigenvalue weighted by Gasteiger charge is -2.21. The van der Waals surface area contributed by atoms with Crippen molar-refractivity contribution in [2.75, 3.05) is 0 Å². The summed E-state index contributed by atoms with van der Waals surface area (Å²) in [6.45, 7) is 4.19. The van der Waals surface area contributed by atoms with Crippen molar-refractivity contribution >= 4 is 11.6 Å². The topological polar surface area (TPSA) is 32.7 Å². The van der Waals surface area contributed by atoms with Crippen LogP contribution < -0.4 is 0 Å². The van der Waals surface area contributed by atoms with E-state index in [1.807, 2.05) is 30.3 Å². The molecule has 0 atom stereocenters. The molecule has 0 N–H and O–H groups in total. The van der Waals surface area contributed by atoms with Crippen LogP contribution in [-0.2, 0) is 4.79 Å².